The van der Waals surface area contributed by atoms with Crippen LogP contribution in [0.1, 0.15) is 16.8 Å². The zero-order valence-electron chi connectivity index (χ0n) is 10.9. The SMILES string of the molecule is O=C(c1ccc2c(c1)NCCN2)N1CCCOCC1. The minimum Gasteiger partial charge on any atom is -0.382 e. The summed E-state index contributed by atoms with van der Waals surface area (Å²) in [6.45, 7) is 4.66. The Bertz CT molecular complexity index is 468. The van der Waals surface area contributed by atoms with E-state index in [4.69, 9.17) is 4.74 Å². The summed E-state index contributed by atoms with van der Waals surface area (Å²) < 4.78 is 5.39. The third kappa shape index (κ3) is 2.66. The number of hydrogen-bond acceptors (Lipinski definition) is 4. The van der Waals surface area contributed by atoms with Gasteiger partial charge in [0.25, 0.3) is 5.91 Å². The topological polar surface area (TPSA) is 53.6 Å². The third-order valence-corrected chi connectivity index (χ3v) is 3.53. The Morgan fingerprint density at radius 3 is 2.84 bits per heavy atom. The average Bonchev–Trinajstić information content (AvgIpc) is 2.75. The number of fused-ring (bicyclic) bond motifs is 1. The van der Waals surface area contributed by atoms with Crippen LogP contribution < -0.4 is 10.6 Å². The van der Waals surface area contributed by atoms with Crippen molar-refractivity contribution in [3.05, 3.63) is 23.8 Å². The first kappa shape index (κ1) is 12.3. The van der Waals surface area contributed by atoms with Crippen molar-refractivity contribution >= 4 is 17.3 Å². The van der Waals surface area contributed by atoms with E-state index in [9.17, 15) is 4.79 Å². The van der Waals surface area contributed by atoms with E-state index in [1.807, 2.05) is 23.1 Å². The maximum atomic E-state index is 12.5. The van der Waals surface area contributed by atoms with Crippen molar-refractivity contribution in [1.82, 2.24) is 4.90 Å². The first-order chi connectivity index (χ1) is 9.34. The number of nitrogens with zero attached hydrogens (tertiary/aromatic N) is 1. The number of ether oxygens (including phenoxy) is 1. The lowest BCUT2D eigenvalue weighted by Gasteiger charge is -2.23. The Morgan fingerprint density at radius 2 is 1.95 bits per heavy atom. The van der Waals surface area contributed by atoms with Gasteiger partial charge >= 0.3 is 0 Å². The molecule has 1 fully saturated rings. The lowest BCUT2D eigenvalue weighted by molar-refractivity contribution is 0.0741. The lowest BCUT2D eigenvalue weighted by Crippen LogP contribution is -2.33. The number of carbonyl (C=O) groups excluding carboxylic acids is 1. The van der Waals surface area contributed by atoms with E-state index < -0.39 is 0 Å². The van der Waals surface area contributed by atoms with Crippen LogP contribution in [-0.2, 0) is 4.74 Å². The van der Waals surface area contributed by atoms with Crippen molar-refractivity contribution in [3.63, 3.8) is 0 Å². The molecule has 0 aliphatic carbocycles. The standard InChI is InChI=1S/C14H19N3O2/c18-14(17-6-1-8-19-9-7-17)11-2-3-12-13(10-11)16-5-4-15-12/h2-3,10,15-16H,1,4-9H2. The molecule has 0 atom stereocenters. The molecule has 1 aromatic rings. The largest absolute Gasteiger partial charge is 0.382 e. The molecule has 5 nitrogen and oxygen atoms in total. The van der Waals surface area contributed by atoms with Crippen molar-refractivity contribution in [2.75, 3.05) is 50.0 Å². The van der Waals surface area contributed by atoms with Crippen molar-refractivity contribution in [2.45, 2.75) is 6.42 Å². The Labute approximate surface area is 112 Å². The second-order valence-corrected chi connectivity index (χ2v) is 4.87. The summed E-state index contributed by atoms with van der Waals surface area (Å²) in [4.78, 5) is 14.3. The number of hydrogen-bond donors (Lipinski definition) is 2. The Hall–Kier alpha value is -1.75. The molecule has 2 aliphatic heterocycles. The van der Waals surface area contributed by atoms with Crippen LogP contribution in [0.5, 0.6) is 0 Å². The first-order valence-electron chi connectivity index (χ1n) is 6.83. The maximum Gasteiger partial charge on any atom is 0.254 e. The number of amides is 1. The zero-order chi connectivity index (χ0) is 13.1. The highest BCUT2D eigenvalue weighted by Crippen LogP contribution is 2.26. The zero-order valence-corrected chi connectivity index (χ0v) is 10.9. The van der Waals surface area contributed by atoms with Crippen LogP contribution in [0, 0.1) is 0 Å². The normalized spacial score (nSPS) is 18.8. The monoisotopic (exact) mass is 261 g/mol. The third-order valence-electron chi connectivity index (χ3n) is 3.53. The molecule has 2 N–H and O–H groups in total. The lowest BCUT2D eigenvalue weighted by atomic mass is 10.1. The van der Waals surface area contributed by atoms with Crippen LogP contribution in [-0.4, -0.2) is 50.2 Å². The van der Waals surface area contributed by atoms with Gasteiger partial charge in [-0.15, -0.1) is 0 Å². The highest BCUT2D eigenvalue weighted by molar-refractivity contribution is 5.96. The molecule has 102 valence electrons. The second-order valence-electron chi connectivity index (χ2n) is 4.87. The molecule has 1 saturated heterocycles. The van der Waals surface area contributed by atoms with Gasteiger partial charge in [0.1, 0.15) is 0 Å². The molecule has 0 bridgehead atoms. The molecule has 1 aromatic carbocycles. The summed E-state index contributed by atoms with van der Waals surface area (Å²) >= 11 is 0. The average molecular weight is 261 g/mol. The van der Waals surface area contributed by atoms with Crippen LogP contribution in [0.15, 0.2) is 18.2 Å². The molecule has 19 heavy (non-hydrogen) atoms. The van der Waals surface area contributed by atoms with Crippen molar-refractivity contribution in [3.8, 4) is 0 Å². The number of carbonyl (C=O) groups is 1. The molecule has 2 aliphatic rings. The fourth-order valence-corrected chi connectivity index (χ4v) is 2.50. The van der Waals surface area contributed by atoms with E-state index in [-0.39, 0.29) is 5.91 Å². The van der Waals surface area contributed by atoms with Crippen LogP contribution in [0.4, 0.5) is 11.4 Å². The van der Waals surface area contributed by atoms with Crippen molar-refractivity contribution in [2.24, 2.45) is 0 Å². The molecular formula is C14H19N3O2. The minimum atomic E-state index is 0.0978. The van der Waals surface area contributed by atoms with E-state index in [2.05, 4.69) is 10.6 Å². The molecule has 0 spiro atoms. The minimum absolute atomic E-state index is 0.0978. The van der Waals surface area contributed by atoms with Gasteiger partial charge in [0.05, 0.1) is 18.0 Å². The summed E-state index contributed by atoms with van der Waals surface area (Å²) in [5, 5.41) is 6.63. The number of benzene rings is 1. The second kappa shape index (κ2) is 5.48. The predicted octanol–water partition coefficient (Wildman–Crippen LogP) is 1.39. The van der Waals surface area contributed by atoms with Gasteiger partial charge in [-0.3, -0.25) is 4.79 Å². The first-order valence-corrected chi connectivity index (χ1v) is 6.83. The van der Waals surface area contributed by atoms with Gasteiger partial charge in [0.2, 0.25) is 0 Å². The highest BCUT2D eigenvalue weighted by Gasteiger charge is 2.19. The quantitative estimate of drug-likeness (QED) is 0.802. The molecular weight excluding hydrogens is 242 g/mol. The number of rotatable bonds is 1. The summed E-state index contributed by atoms with van der Waals surface area (Å²) in [5.41, 5.74) is 2.84. The maximum absolute atomic E-state index is 12.5. The summed E-state index contributed by atoms with van der Waals surface area (Å²) in [5.74, 6) is 0.0978. The summed E-state index contributed by atoms with van der Waals surface area (Å²) in [6, 6.07) is 5.81. The Kier molecular flexibility index (Phi) is 3.55. The van der Waals surface area contributed by atoms with E-state index >= 15 is 0 Å². The molecule has 0 saturated carbocycles. The van der Waals surface area contributed by atoms with E-state index in [0.29, 0.717) is 13.2 Å². The fraction of sp³-hybridized carbons (Fsp3) is 0.500. The molecule has 1 amide bonds. The number of anilines is 2. The Balaban J connectivity index is 1.78. The van der Waals surface area contributed by atoms with Gasteiger partial charge in [-0.05, 0) is 24.6 Å². The molecule has 0 radical (unpaired) electrons. The fourth-order valence-electron chi connectivity index (χ4n) is 2.50. The van der Waals surface area contributed by atoms with E-state index in [0.717, 1.165) is 49.6 Å². The summed E-state index contributed by atoms with van der Waals surface area (Å²) in [7, 11) is 0. The van der Waals surface area contributed by atoms with Gasteiger partial charge in [-0.1, -0.05) is 0 Å². The van der Waals surface area contributed by atoms with Gasteiger partial charge in [-0.2, -0.15) is 0 Å². The number of nitrogens with one attached hydrogen (secondary N) is 2. The van der Waals surface area contributed by atoms with Gasteiger partial charge < -0.3 is 20.3 Å². The molecule has 0 aromatic heterocycles. The molecule has 2 heterocycles. The van der Waals surface area contributed by atoms with Gasteiger partial charge in [-0.25, -0.2) is 0 Å². The molecule has 3 rings (SSSR count). The smallest absolute Gasteiger partial charge is 0.254 e. The summed E-state index contributed by atoms with van der Waals surface area (Å²) in [6.07, 6.45) is 0.913. The van der Waals surface area contributed by atoms with Gasteiger partial charge in [0.15, 0.2) is 0 Å². The van der Waals surface area contributed by atoms with Crippen LogP contribution in [0.2, 0.25) is 0 Å². The highest BCUT2D eigenvalue weighted by atomic mass is 16.5. The van der Waals surface area contributed by atoms with Crippen molar-refractivity contribution in [1.29, 1.82) is 0 Å². The van der Waals surface area contributed by atoms with Crippen molar-refractivity contribution < 1.29 is 9.53 Å². The molecule has 5 heteroatoms. The van der Waals surface area contributed by atoms with Crippen LogP contribution in [0.25, 0.3) is 0 Å². The Morgan fingerprint density at radius 1 is 1.11 bits per heavy atom. The van der Waals surface area contributed by atoms with Crippen LogP contribution >= 0.6 is 0 Å². The molecule has 0 unspecified atom stereocenters. The predicted molar refractivity (Wildman–Crippen MR) is 74.8 cm³/mol. The van der Waals surface area contributed by atoms with Gasteiger partial charge in [0, 0.05) is 38.3 Å². The van der Waals surface area contributed by atoms with Crippen LogP contribution in [0.3, 0.4) is 0 Å². The van der Waals surface area contributed by atoms with E-state index in [1.165, 1.54) is 0 Å². The van der Waals surface area contributed by atoms with E-state index in [1.54, 1.807) is 0 Å².